The third-order valence-electron chi connectivity index (χ3n) is 4.17. The average molecular weight is 274 g/mol. The summed E-state index contributed by atoms with van der Waals surface area (Å²) in [5, 5.41) is 10.3. The van der Waals surface area contributed by atoms with Gasteiger partial charge in [0.2, 0.25) is 0 Å². The molecule has 106 valence electrons. The van der Waals surface area contributed by atoms with Crippen molar-refractivity contribution in [3.8, 4) is 5.75 Å². The summed E-state index contributed by atoms with van der Waals surface area (Å²) < 4.78 is 5.38. The lowest BCUT2D eigenvalue weighted by Crippen LogP contribution is -2.28. The second-order valence-corrected chi connectivity index (χ2v) is 5.43. The van der Waals surface area contributed by atoms with E-state index in [9.17, 15) is 9.90 Å². The van der Waals surface area contributed by atoms with E-state index < -0.39 is 11.9 Å². The van der Waals surface area contributed by atoms with Crippen molar-refractivity contribution >= 4 is 16.9 Å². The molecule has 2 unspecified atom stereocenters. The molecule has 0 spiro atoms. The summed E-state index contributed by atoms with van der Waals surface area (Å²) in [5.74, 6) is -0.440. The lowest BCUT2D eigenvalue weighted by molar-refractivity contribution is -0.142. The smallest absolute Gasteiger partial charge is 0.306 e. The number of H-pyrrole nitrogens is 1. The van der Waals surface area contributed by atoms with Gasteiger partial charge < -0.3 is 20.6 Å². The molecule has 0 saturated carbocycles. The van der Waals surface area contributed by atoms with Gasteiger partial charge in [-0.2, -0.15) is 0 Å². The first kappa shape index (κ1) is 13.0. The number of benzene rings is 1. The Morgan fingerprint density at radius 3 is 2.90 bits per heavy atom. The van der Waals surface area contributed by atoms with Crippen molar-refractivity contribution in [3.05, 3.63) is 29.0 Å². The van der Waals surface area contributed by atoms with Gasteiger partial charge in [0, 0.05) is 23.5 Å². The minimum absolute atomic E-state index is 0.251. The maximum atomic E-state index is 11.2. The highest BCUT2D eigenvalue weighted by Gasteiger charge is 2.32. The zero-order valence-electron chi connectivity index (χ0n) is 11.6. The fraction of sp³-hybridized carbons (Fsp3) is 0.400. The van der Waals surface area contributed by atoms with Crippen LogP contribution >= 0.6 is 0 Å². The van der Waals surface area contributed by atoms with E-state index in [0.717, 1.165) is 33.5 Å². The fourth-order valence-electron chi connectivity index (χ4n) is 3.21. The number of hydrogen-bond donors (Lipinski definition) is 3. The number of aromatic amines is 1. The largest absolute Gasteiger partial charge is 0.495 e. The molecule has 1 aromatic heterocycles. The van der Waals surface area contributed by atoms with Gasteiger partial charge in [-0.3, -0.25) is 4.79 Å². The lowest BCUT2D eigenvalue weighted by Gasteiger charge is -2.24. The van der Waals surface area contributed by atoms with Gasteiger partial charge in [-0.1, -0.05) is 6.07 Å². The molecule has 0 aliphatic heterocycles. The standard InChI is InChI=1S/C15H18N2O3/c1-7-3-4-11(20-2)14-12(7)13-9(16)5-8(15(18)19)6-10(13)17-14/h3-4,8-9,17H,5-6,16H2,1-2H3,(H,18,19). The number of fused-ring (bicyclic) bond motifs is 3. The van der Waals surface area contributed by atoms with E-state index in [0.29, 0.717) is 12.8 Å². The zero-order chi connectivity index (χ0) is 14.4. The minimum atomic E-state index is -0.784. The first-order chi connectivity index (χ1) is 9.52. The first-order valence-electron chi connectivity index (χ1n) is 6.69. The van der Waals surface area contributed by atoms with E-state index in [4.69, 9.17) is 10.5 Å². The van der Waals surface area contributed by atoms with E-state index >= 15 is 0 Å². The summed E-state index contributed by atoms with van der Waals surface area (Å²) in [7, 11) is 1.63. The Bertz CT molecular complexity index is 690. The highest BCUT2D eigenvalue weighted by molar-refractivity contribution is 5.93. The van der Waals surface area contributed by atoms with Gasteiger partial charge in [0.15, 0.2) is 0 Å². The molecule has 0 amide bonds. The fourth-order valence-corrected chi connectivity index (χ4v) is 3.21. The number of methoxy groups -OCH3 is 1. The molecule has 0 radical (unpaired) electrons. The second-order valence-electron chi connectivity index (χ2n) is 5.43. The number of aryl methyl sites for hydroxylation is 1. The molecule has 1 aliphatic carbocycles. The molecular formula is C15H18N2O3. The zero-order valence-corrected chi connectivity index (χ0v) is 11.6. The van der Waals surface area contributed by atoms with Crippen LogP contribution in [0.1, 0.15) is 29.3 Å². The van der Waals surface area contributed by atoms with Crippen LogP contribution in [-0.4, -0.2) is 23.2 Å². The number of rotatable bonds is 2. The Labute approximate surface area is 116 Å². The Morgan fingerprint density at radius 1 is 1.50 bits per heavy atom. The molecule has 0 bridgehead atoms. The Kier molecular flexibility index (Phi) is 2.94. The average Bonchev–Trinajstić information content (AvgIpc) is 2.79. The van der Waals surface area contributed by atoms with Crippen LogP contribution in [0.15, 0.2) is 12.1 Å². The van der Waals surface area contributed by atoms with Crippen LogP contribution in [0.25, 0.3) is 10.9 Å². The van der Waals surface area contributed by atoms with Crippen LogP contribution < -0.4 is 10.5 Å². The number of nitrogens with two attached hydrogens (primary N) is 1. The number of carboxylic acid groups (broad SMARTS) is 1. The molecule has 2 aromatic rings. The third kappa shape index (κ3) is 1.78. The van der Waals surface area contributed by atoms with Gasteiger partial charge in [0.1, 0.15) is 5.75 Å². The van der Waals surface area contributed by atoms with E-state index in [1.807, 2.05) is 19.1 Å². The summed E-state index contributed by atoms with van der Waals surface area (Å²) in [6, 6.07) is 3.67. The number of hydrogen-bond acceptors (Lipinski definition) is 3. The number of nitrogens with one attached hydrogen (secondary N) is 1. The Hall–Kier alpha value is -2.01. The predicted octanol–water partition coefficient (Wildman–Crippen LogP) is 2.13. The molecule has 3 rings (SSSR count). The van der Waals surface area contributed by atoms with Gasteiger partial charge in [-0.25, -0.2) is 0 Å². The van der Waals surface area contributed by atoms with E-state index in [1.165, 1.54) is 0 Å². The summed E-state index contributed by atoms with van der Waals surface area (Å²) in [5.41, 5.74) is 10.2. The molecule has 5 nitrogen and oxygen atoms in total. The van der Waals surface area contributed by atoms with Crippen molar-refractivity contribution in [1.82, 2.24) is 4.98 Å². The van der Waals surface area contributed by atoms with Crippen LogP contribution in [0.5, 0.6) is 5.75 Å². The van der Waals surface area contributed by atoms with Crippen molar-refractivity contribution in [3.63, 3.8) is 0 Å². The molecule has 1 aromatic carbocycles. The monoisotopic (exact) mass is 274 g/mol. The summed E-state index contributed by atoms with van der Waals surface area (Å²) in [6.45, 7) is 2.03. The SMILES string of the molecule is COc1ccc(C)c2c3c([nH]c12)CC(C(=O)O)CC3N. The highest BCUT2D eigenvalue weighted by Crippen LogP contribution is 2.40. The second kappa shape index (κ2) is 4.52. The van der Waals surface area contributed by atoms with Crippen molar-refractivity contribution in [2.75, 3.05) is 7.11 Å². The van der Waals surface area contributed by atoms with Gasteiger partial charge in [-0.15, -0.1) is 0 Å². The molecule has 0 fully saturated rings. The van der Waals surface area contributed by atoms with E-state index in [-0.39, 0.29) is 6.04 Å². The van der Waals surface area contributed by atoms with Crippen LogP contribution in [0.3, 0.4) is 0 Å². The van der Waals surface area contributed by atoms with Gasteiger partial charge in [-0.05, 0) is 30.5 Å². The Balaban J connectivity index is 2.24. The lowest BCUT2D eigenvalue weighted by atomic mass is 9.83. The van der Waals surface area contributed by atoms with Gasteiger partial charge >= 0.3 is 5.97 Å². The molecular weight excluding hydrogens is 256 g/mol. The predicted molar refractivity (Wildman–Crippen MR) is 76.0 cm³/mol. The first-order valence-corrected chi connectivity index (χ1v) is 6.69. The Morgan fingerprint density at radius 2 is 2.25 bits per heavy atom. The molecule has 2 atom stereocenters. The summed E-state index contributed by atoms with van der Waals surface area (Å²) in [4.78, 5) is 14.5. The van der Waals surface area contributed by atoms with Crippen LogP contribution in [0.2, 0.25) is 0 Å². The molecule has 5 heteroatoms. The normalized spacial score (nSPS) is 21.8. The number of carbonyl (C=O) groups is 1. The van der Waals surface area contributed by atoms with Crippen LogP contribution in [0, 0.1) is 12.8 Å². The highest BCUT2D eigenvalue weighted by atomic mass is 16.5. The number of aliphatic carboxylic acids is 1. The molecule has 1 aliphatic rings. The molecule has 20 heavy (non-hydrogen) atoms. The van der Waals surface area contributed by atoms with E-state index in [1.54, 1.807) is 7.11 Å². The van der Waals surface area contributed by atoms with Crippen molar-refractivity contribution < 1.29 is 14.6 Å². The molecule has 4 N–H and O–H groups in total. The van der Waals surface area contributed by atoms with Crippen LogP contribution in [0.4, 0.5) is 0 Å². The topological polar surface area (TPSA) is 88.3 Å². The summed E-state index contributed by atoms with van der Waals surface area (Å²) >= 11 is 0. The van der Waals surface area contributed by atoms with Gasteiger partial charge in [0.25, 0.3) is 0 Å². The van der Waals surface area contributed by atoms with Crippen molar-refractivity contribution in [1.29, 1.82) is 0 Å². The molecule has 0 saturated heterocycles. The minimum Gasteiger partial charge on any atom is -0.495 e. The maximum Gasteiger partial charge on any atom is 0.306 e. The molecule has 1 heterocycles. The van der Waals surface area contributed by atoms with E-state index in [2.05, 4.69) is 4.98 Å². The third-order valence-corrected chi connectivity index (χ3v) is 4.17. The van der Waals surface area contributed by atoms with Crippen molar-refractivity contribution in [2.45, 2.75) is 25.8 Å². The quantitative estimate of drug-likeness (QED) is 0.782. The van der Waals surface area contributed by atoms with Crippen LogP contribution in [-0.2, 0) is 11.2 Å². The van der Waals surface area contributed by atoms with Gasteiger partial charge in [0.05, 0.1) is 18.5 Å². The van der Waals surface area contributed by atoms with Crippen molar-refractivity contribution in [2.24, 2.45) is 11.7 Å². The number of ether oxygens (including phenoxy) is 1. The maximum absolute atomic E-state index is 11.2. The number of aromatic nitrogens is 1. The number of carboxylic acids is 1. The summed E-state index contributed by atoms with van der Waals surface area (Å²) in [6.07, 6.45) is 0.974.